The van der Waals surface area contributed by atoms with Gasteiger partial charge in [0.2, 0.25) is 0 Å². The van der Waals surface area contributed by atoms with Gasteiger partial charge in [-0.25, -0.2) is 0 Å². The number of nitrogens with zero attached hydrogens (tertiary/aromatic N) is 2. The highest BCUT2D eigenvalue weighted by atomic mass is 19.3. The van der Waals surface area contributed by atoms with E-state index in [9.17, 15) is 8.78 Å². The molecule has 0 atom stereocenters. The van der Waals surface area contributed by atoms with Crippen molar-refractivity contribution >= 4 is 5.96 Å². The Labute approximate surface area is 158 Å². The molecule has 2 aromatic carbocycles. The fraction of sp³-hybridized carbons (Fsp3) is 0.350. The summed E-state index contributed by atoms with van der Waals surface area (Å²) < 4.78 is 33.9. The Bertz CT molecular complexity index is 719. The zero-order valence-electron chi connectivity index (χ0n) is 15.8. The van der Waals surface area contributed by atoms with E-state index in [0.29, 0.717) is 6.54 Å². The Kier molecular flexibility index (Phi) is 7.85. The van der Waals surface area contributed by atoms with Crippen molar-refractivity contribution in [3.05, 3.63) is 59.7 Å². The van der Waals surface area contributed by atoms with Crippen molar-refractivity contribution in [1.29, 1.82) is 0 Å². The molecule has 2 aromatic rings. The third kappa shape index (κ3) is 6.77. The maximum absolute atomic E-state index is 12.2. The third-order valence-electron chi connectivity index (χ3n) is 4.00. The van der Waals surface area contributed by atoms with Gasteiger partial charge in [-0.05, 0) is 41.8 Å². The van der Waals surface area contributed by atoms with Crippen LogP contribution >= 0.6 is 0 Å². The van der Waals surface area contributed by atoms with Gasteiger partial charge in [0.1, 0.15) is 11.5 Å². The van der Waals surface area contributed by atoms with Gasteiger partial charge in [-0.3, -0.25) is 4.99 Å². The largest absolute Gasteiger partial charge is 0.497 e. The highest BCUT2D eigenvalue weighted by Crippen LogP contribution is 2.16. The summed E-state index contributed by atoms with van der Waals surface area (Å²) in [5.41, 5.74) is 2.17. The summed E-state index contributed by atoms with van der Waals surface area (Å²) in [6.45, 7) is -1.48. The van der Waals surface area contributed by atoms with Crippen molar-refractivity contribution in [1.82, 2.24) is 10.2 Å². The summed E-state index contributed by atoms with van der Waals surface area (Å²) in [7, 11) is 5.30. The van der Waals surface area contributed by atoms with E-state index >= 15 is 0 Å². The molecule has 27 heavy (non-hydrogen) atoms. The van der Waals surface area contributed by atoms with Crippen LogP contribution in [0.2, 0.25) is 0 Å². The quantitative estimate of drug-likeness (QED) is 0.565. The van der Waals surface area contributed by atoms with Crippen LogP contribution in [0.5, 0.6) is 11.5 Å². The van der Waals surface area contributed by atoms with Crippen molar-refractivity contribution in [2.24, 2.45) is 4.99 Å². The number of methoxy groups -OCH3 is 1. The van der Waals surface area contributed by atoms with Crippen LogP contribution in [-0.2, 0) is 13.0 Å². The molecule has 0 saturated heterocycles. The first-order chi connectivity index (χ1) is 13.0. The van der Waals surface area contributed by atoms with E-state index in [1.165, 1.54) is 17.7 Å². The molecule has 146 valence electrons. The molecule has 7 heteroatoms. The minimum atomic E-state index is -2.81. The van der Waals surface area contributed by atoms with Gasteiger partial charge in [-0.1, -0.05) is 24.3 Å². The average Bonchev–Trinajstić information content (AvgIpc) is 2.67. The molecule has 0 heterocycles. The second-order valence-electron chi connectivity index (χ2n) is 5.95. The molecule has 0 aliphatic heterocycles. The summed E-state index contributed by atoms with van der Waals surface area (Å²) in [5.74, 6) is 1.75. The van der Waals surface area contributed by atoms with Crippen LogP contribution in [-0.4, -0.2) is 45.2 Å². The van der Waals surface area contributed by atoms with Crippen molar-refractivity contribution < 1.29 is 18.3 Å². The standard InChI is InChI=1S/C20H25F2N3O2/c1-23-20(24-13-12-15-4-8-17(26-3)9-5-15)25(2)14-16-6-10-18(11-7-16)27-19(21)22/h4-11,19H,12-14H2,1-3H3,(H,23,24). The molecule has 0 saturated carbocycles. The second-order valence-corrected chi connectivity index (χ2v) is 5.95. The summed E-state index contributed by atoms with van der Waals surface area (Å²) in [6.07, 6.45) is 0.858. The molecule has 1 N–H and O–H groups in total. The van der Waals surface area contributed by atoms with Crippen molar-refractivity contribution in [3.63, 3.8) is 0 Å². The van der Waals surface area contributed by atoms with Gasteiger partial charge in [0.05, 0.1) is 7.11 Å². The van der Waals surface area contributed by atoms with Gasteiger partial charge in [0.15, 0.2) is 5.96 Å². The lowest BCUT2D eigenvalue weighted by molar-refractivity contribution is -0.0498. The molecule has 0 amide bonds. The number of aliphatic imine (C=N–C) groups is 1. The predicted molar refractivity (Wildman–Crippen MR) is 103 cm³/mol. The molecular formula is C20H25F2N3O2. The van der Waals surface area contributed by atoms with Gasteiger partial charge in [0, 0.05) is 27.2 Å². The van der Waals surface area contributed by atoms with Gasteiger partial charge in [0.25, 0.3) is 0 Å². The normalized spacial score (nSPS) is 11.4. The summed E-state index contributed by atoms with van der Waals surface area (Å²) >= 11 is 0. The van der Waals surface area contributed by atoms with Gasteiger partial charge in [-0.15, -0.1) is 0 Å². The van der Waals surface area contributed by atoms with Crippen LogP contribution in [0.15, 0.2) is 53.5 Å². The molecule has 0 spiro atoms. The zero-order valence-corrected chi connectivity index (χ0v) is 15.8. The van der Waals surface area contributed by atoms with Crippen LogP contribution in [0.3, 0.4) is 0 Å². The molecule has 0 unspecified atom stereocenters. The molecule has 0 fully saturated rings. The van der Waals surface area contributed by atoms with E-state index in [0.717, 1.165) is 30.2 Å². The Balaban J connectivity index is 1.83. The van der Waals surface area contributed by atoms with E-state index in [1.807, 2.05) is 36.2 Å². The Morgan fingerprint density at radius 2 is 1.63 bits per heavy atom. The van der Waals surface area contributed by atoms with Crippen molar-refractivity contribution in [3.8, 4) is 11.5 Å². The van der Waals surface area contributed by atoms with Gasteiger partial charge >= 0.3 is 6.61 Å². The minimum absolute atomic E-state index is 0.151. The predicted octanol–water partition coefficient (Wildman–Crippen LogP) is 3.55. The number of alkyl halides is 2. The van der Waals surface area contributed by atoms with Gasteiger partial charge < -0.3 is 19.7 Å². The second kappa shape index (κ2) is 10.4. The van der Waals surface area contributed by atoms with Crippen molar-refractivity contribution in [2.75, 3.05) is 27.7 Å². The Morgan fingerprint density at radius 1 is 1.04 bits per heavy atom. The zero-order chi connectivity index (χ0) is 19.6. The Morgan fingerprint density at radius 3 is 2.19 bits per heavy atom. The van der Waals surface area contributed by atoms with Crippen LogP contribution < -0.4 is 14.8 Å². The molecule has 0 aliphatic carbocycles. The third-order valence-corrected chi connectivity index (χ3v) is 4.00. The van der Waals surface area contributed by atoms with Crippen LogP contribution in [0.25, 0.3) is 0 Å². The number of hydrogen-bond acceptors (Lipinski definition) is 3. The number of nitrogens with one attached hydrogen (secondary N) is 1. The molecule has 0 aliphatic rings. The minimum Gasteiger partial charge on any atom is -0.497 e. The van der Waals surface area contributed by atoms with E-state index in [2.05, 4.69) is 15.0 Å². The van der Waals surface area contributed by atoms with Crippen molar-refractivity contribution in [2.45, 2.75) is 19.6 Å². The first-order valence-corrected chi connectivity index (χ1v) is 8.60. The number of benzene rings is 2. The number of guanidine groups is 1. The van der Waals surface area contributed by atoms with E-state index in [1.54, 1.807) is 26.3 Å². The monoisotopic (exact) mass is 377 g/mol. The maximum atomic E-state index is 12.2. The molecule has 5 nitrogen and oxygen atoms in total. The summed E-state index contributed by atoms with van der Waals surface area (Å²) in [6, 6.07) is 14.6. The lowest BCUT2D eigenvalue weighted by Crippen LogP contribution is -2.39. The van der Waals surface area contributed by atoms with E-state index in [-0.39, 0.29) is 5.75 Å². The van der Waals surface area contributed by atoms with Crippen LogP contribution in [0.1, 0.15) is 11.1 Å². The molecule has 0 radical (unpaired) electrons. The molecule has 0 bridgehead atoms. The van der Waals surface area contributed by atoms with Gasteiger partial charge in [-0.2, -0.15) is 8.78 Å². The summed E-state index contributed by atoms with van der Waals surface area (Å²) in [5, 5.41) is 3.32. The smallest absolute Gasteiger partial charge is 0.387 e. The number of ether oxygens (including phenoxy) is 2. The molecule has 2 rings (SSSR count). The number of rotatable bonds is 8. The fourth-order valence-electron chi connectivity index (χ4n) is 2.62. The van der Waals surface area contributed by atoms with Crippen LogP contribution in [0, 0.1) is 0 Å². The first-order valence-electron chi connectivity index (χ1n) is 8.60. The van der Waals surface area contributed by atoms with E-state index in [4.69, 9.17) is 4.74 Å². The number of halogens is 2. The number of hydrogen-bond donors (Lipinski definition) is 1. The van der Waals surface area contributed by atoms with E-state index < -0.39 is 6.61 Å². The molecular weight excluding hydrogens is 352 g/mol. The average molecular weight is 377 g/mol. The first kappa shape index (κ1) is 20.5. The fourth-order valence-corrected chi connectivity index (χ4v) is 2.62. The summed E-state index contributed by atoms with van der Waals surface area (Å²) in [4.78, 5) is 6.26. The molecule has 0 aromatic heterocycles. The highest BCUT2D eigenvalue weighted by molar-refractivity contribution is 5.79. The SMILES string of the molecule is CN=C(NCCc1ccc(OC)cc1)N(C)Cc1ccc(OC(F)F)cc1. The topological polar surface area (TPSA) is 46.1 Å². The van der Waals surface area contributed by atoms with Crippen LogP contribution in [0.4, 0.5) is 8.78 Å². The maximum Gasteiger partial charge on any atom is 0.387 e. The lowest BCUT2D eigenvalue weighted by atomic mass is 10.1. The highest BCUT2D eigenvalue weighted by Gasteiger charge is 2.08. The Hall–Kier alpha value is -2.83. The lowest BCUT2D eigenvalue weighted by Gasteiger charge is -2.22.